The van der Waals surface area contributed by atoms with Gasteiger partial charge in [0.25, 0.3) is 0 Å². The minimum Gasteiger partial charge on any atom is -0.352 e. The molecule has 0 spiro atoms. The van der Waals surface area contributed by atoms with Gasteiger partial charge in [-0.05, 0) is 30.4 Å². The average molecular weight is 320 g/mol. The lowest BCUT2D eigenvalue weighted by Crippen LogP contribution is -2.23. The van der Waals surface area contributed by atoms with E-state index < -0.39 is 8.07 Å². The van der Waals surface area contributed by atoms with Crippen LogP contribution in [0.4, 0.5) is 0 Å². The van der Waals surface area contributed by atoms with Gasteiger partial charge in [0.05, 0.1) is 0 Å². The first-order valence-electron chi connectivity index (χ1n) is 8.75. The van der Waals surface area contributed by atoms with E-state index in [1.54, 1.807) is 0 Å². The van der Waals surface area contributed by atoms with Crippen LogP contribution in [0.2, 0.25) is 25.7 Å². The molecule has 0 fully saturated rings. The van der Waals surface area contributed by atoms with Gasteiger partial charge < -0.3 is 5.32 Å². The number of amides is 1. The lowest BCUT2D eigenvalue weighted by Gasteiger charge is -2.14. The topological polar surface area (TPSA) is 29.1 Å². The van der Waals surface area contributed by atoms with Gasteiger partial charge in [-0.3, -0.25) is 4.79 Å². The van der Waals surface area contributed by atoms with Crippen molar-refractivity contribution in [1.82, 2.24) is 5.32 Å². The number of rotatable bonds is 10. The minimum absolute atomic E-state index is 0.186. The summed E-state index contributed by atoms with van der Waals surface area (Å²) < 4.78 is 0. The number of carbonyl (C=O) groups excluding carboxylic acids is 1. The van der Waals surface area contributed by atoms with E-state index >= 15 is 0 Å². The molecule has 0 saturated carbocycles. The molecule has 1 amide bonds. The third-order valence-electron chi connectivity index (χ3n) is 3.91. The van der Waals surface area contributed by atoms with Crippen LogP contribution in [-0.4, -0.2) is 14.0 Å². The molecule has 3 heteroatoms. The fourth-order valence-corrected chi connectivity index (χ4v) is 3.75. The average Bonchev–Trinajstić information content (AvgIpc) is 2.47. The van der Waals surface area contributed by atoms with Gasteiger partial charge in [-0.15, -0.1) is 0 Å². The van der Waals surface area contributed by atoms with Crippen molar-refractivity contribution in [2.24, 2.45) is 0 Å². The summed E-state index contributed by atoms with van der Waals surface area (Å²) in [6, 6.07) is 9.96. The highest BCUT2D eigenvalue weighted by Crippen LogP contribution is 2.14. The molecule has 0 radical (unpaired) electrons. The molecule has 0 bridgehead atoms. The normalized spacial score (nSPS) is 11.5. The summed E-state index contributed by atoms with van der Waals surface area (Å²) in [7, 11) is -0.947. The van der Waals surface area contributed by atoms with Gasteiger partial charge in [-0.1, -0.05) is 69.7 Å². The second-order valence-electron chi connectivity index (χ2n) is 7.46. The lowest BCUT2D eigenvalue weighted by atomic mass is 10.1. The Balaban J connectivity index is 2.20. The molecule has 1 rings (SSSR count). The molecule has 0 unspecified atom stereocenters. The van der Waals surface area contributed by atoms with E-state index in [1.807, 2.05) is 0 Å². The first kappa shape index (κ1) is 19.0. The lowest BCUT2D eigenvalue weighted by molar-refractivity contribution is -0.121. The smallest absolute Gasteiger partial charge is 0.220 e. The van der Waals surface area contributed by atoms with Crippen LogP contribution in [-0.2, 0) is 17.8 Å². The van der Waals surface area contributed by atoms with Gasteiger partial charge >= 0.3 is 0 Å². The van der Waals surface area contributed by atoms with E-state index in [9.17, 15) is 4.79 Å². The molecule has 0 aliphatic carbocycles. The Bertz CT molecular complexity index is 434. The molecular formula is C19H33NOSi. The van der Waals surface area contributed by atoms with E-state index in [0.717, 1.165) is 12.8 Å². The number of benzene rings is 1. The SMILES string of the molecule is CCCCc1ccc(CNC(=O)CCCC[Si](C)(C)C)cc1. The molecule has 0 aromatic heterocycles. The third-order valence-corrected chi connectivity index (χ3v) is 5.77. The number of nitrogens with one attached hydrogen (secondary N) is 1. The molecule has 1 N–H and O–H groups in total. The summed E-state index contributed by atoms with van der Waals surface area (Å²) in [6.07, 6.45) is 6.50. The Hall–Kier alpha value is -1.09. The van der Waals surface area contributed by atoms with Crippen molar-refractivity contribution in [3.05, 3.63) is 35.4 Å². The zero-order valence-corrected chi connectivity index (χ0v) is 15.9. The predicted octanol–water partition coefficient (Wildman–Crippen LogP) is 5.15. The molecule has 124 valence electrons. The maximum atomic E-state index is 11.8. The Morgan fingerprint density at radius 1 is 1.00 bits per heavy atom. The molecule has 0 aliphatic rings. The summed E-state index contributed by atoms with van der Waals surface area (Å²) in [4.78, 5) is 11.8. The Labute approximate surface area is 137 Å². The highest BCUT2D eigenvalue weighted by Gasteiger charge is 2.12. The fourth-order valence-electron chi connectivity index (χ4n) is 2.43. The predicted molar refractivity (Wildman–Crippen MR) is 98.9 cm³/mol. The molecule has 0 atom stereocenters. The van der Waals surface area contributed by atoms with Crippen molar-refractivity contribution < 1.29 is 4.79 Å². The standard InChI is InChI=1S/C19H33NOSi/c1-5-6-9-17-11-13-18(14-12-17)16-20-19(21)10-7-8-15-22(2,3)4/h11-14H,5-10,15-16H2,1-4H3,(H,20,21). The van der Waals surface area contributed by atoms with Crippen molar-refractivity contribution in [3.8, 4) is 0 Å². The van der Waals surface area contributed by atoms with Crippen LogP contribution in [0.15, 0.2) is 24.3 Å². The van der Waals surface area contributed by atoms with Crippen LogP contribution in [0.5, 0.6) is 0 Å². The van der Waals surface area contributed by atoms with Crippen molar-refractivity contribution in [3.63, 3.8) is 0 Å². The van der Waals surface area contributed by atoms with Gasteiger partial charge in [0, 0.05) is 21.0 Å². The van der Waals surface area contributed by atoms with E-state index in [2.05, 4.69) is 56.1 Å². The molecule has 1 aromatic rings. The summed E-state index contributed by atoms with van der Waals surface area (Å²) in [5, 5.41) is 3.03. The quantitative estimate of drug-likeness (QED) is 0.469. The zero-order chi connectivity index (χ0) is 16.4. The van der Waals surface area contributed by atoms with Crippen LogP contribution in [0, 0.1) is 0 Å². The largest absolute Gasteiger partial charge is 0.352 e. The second kappa shape index (κ2) is 9.83. The summed E-state index contributed by atoms with van der Waals surface area (Å²) in [6.45, 7) is 10.0. The van der Waals surface area contributed by atoms with Gasteiger partial charge in [-0.25, -0.2) is 0 Å². The molecule has 0 saturated heterocycles. The highest BCUT2D eigenvalue weighted by atomic mass is 28.3. The molecule has 2 nitrogen and oxygen atoms in total. The van der Waals surface area contributed by atoms with E-state index in [4.69, 9.17) is 0 Å². The zero-order valence-electron chi connectivity index (χ0n) is 14.9. The first-order chi connectivity index (χ1) is 10.4. The number of carbonyl (C=O) groups is 1. The minimum atomic E-state index is -0.947. The van der Waals surface area contributed by atoms with E-state index in [-0.39, 0.29) is 5.91 Å². The van der Waals surface area contributed by atoms with E-state index in [0.29, 0.717) is 13.0 Å². The number of unbranched alkanes of at least 4 members (excludes halogenated alkanes) is 2. The number of aryl methyl sites for hydroxylation is 1. The van der Waals surface area contributed by atoms with Crippen molar-refractivity contribution in [2.75, 3.05) is 0 Å². The fraction of sp³-hybridized carbons (Fsp3) is 0.632. The van der Waals surface area contributed by atoms with Crippen molar-refractivity contribution in [2.45, 2.75) is 77.7 Å². The summed E-state index contributed by atoms with van der Waals surface area (Å²) in [5.74, 6) is 0.186. The van der Waals surface area contributed by atoms with Gasteiger partial charge in [0.2, 0.25) is 5.91 Å². The summed E-state index contributed by atoms with van der Waals surface area (Å²) in [5.41, 5.74) is 2.58. The maximum absolute atomic E-state index is 11.8. The van der Waals surface area contributed by atoms with E-state index in [1.165, 1.54) is 36.4 Å². The Kier molecular flexibility index (Phi) is 8.47. The monoisotopic (exact) mass is 319 g/mol. The Morgan fingerprint density at radius 2 is 1.64 bits per heavy atom. The Morgan fingerprint density at radius 3 is 2.23 bits per heavy atom. The molecule has 0 heterocycles. The highest BCUT2D eigenvalue weighted by molar-refractivity contribution is 6.76. The van der Waals surface area contributed by atoms with Crippen molar-refractivity contribution >= 4 is 14.0 Å². The number of hydrogen-bond acceptors (Lipinski definition) is 1. The van der Waals surface area contributed by atoms with Crippen LogP contribution >= 0.6 is 0 Å². The first-order valence-corrected chi connectivity index (χ1v) is 12.5. The van der Waals surface area contributed by atoms with Crippen LogP contribution < -0.4 is 5.32 Å². The molecule has 1 aromatic carbocycles. The van der Waals surface area contributed by atoms with Gasteiger partial charge in [-0.2, -0.15) is 0 Å². The van der Waals surface area contributed by atoms with Crippen LogP contribution in [0.25, 0.3) is 0 Å². The molecule has 22 heavy (non-hydrogen) atoms. The third kappa shape index (κ3) is 9.03. The molecular weight excluding hydrogens is 286 g/mol. The van der Waals surface area contributed by atoms with Crippen LogP contribution in [0.1, 0.15) is 50.2 Å². The maximum Gasteiger partial charge on any atom is 0.220 e. The van der Waals surface area contributed by atoms with Gasteiger partial charge in [0.15, 0.2) is 0 Å². The van der Waals surface area contributed by atoms with Crippen molar-refractivity contribution in [1.29, 1.82) is 0 Å². The second-order valence-corrected chi connectivity index (χ2v) is 13.1. The number of hydrogen-bond donors (Lipinski definition) is 1. The van der Waals surface area contributed by atoms with Gasteiger partial charge in [0.1, 0.15) is 0 Å². The summed E-state index contributed by atoms with van der Waals surface area (Å²) >= 11 is 0. The molecule has 0 aliphatic heterocycles. The van der Waals surface area contributed by atoms with Crippen LogP contribution in [0.3, 0.4) is 0 Å².